The number of carbonyl (C=O) groups is 3. The van der Waals surface area contributed by atoms with Crippen LogP contribution in [0.2, 0.25) is 0 Å². The molecule has 6 nitrogen and oxygen atoms in total. The van der Waals surface area contributed by atoms with Crippen molar-refractivity contribution in [3.63, 3.8) is 0 Å². The van der Waals surface area contributed by atoms with Crippen LogP contribution in [0.1, 0.15) is 26.7 Å². The molecule has 6 heteroatoms. The Morgan fingerprint density at radius 1 is 1.18 bits per heavy atom. The van der Waals surface area contributed by atoms with Crippen LogP contribution < -0.4 is 10.6 Å². The average molecular weight is 242 g/mol. The number of carboxylic acids is 1. The second kappa shape index (κ2) is 5.16. The summed E-state index contributed by atoms with van der Waals surface area (Å²) in [5, 5.41) is 14.0. The van der Waals surface area contributed by atoms with Gasteiger partial charge in [0.05, 0.1) is 0 Å². The maximum atomic E-state index is 11.5. The molecule has 0 heterocycles. The predicted octanol–water partition coefficient (Wildman–Crippen LogP) is -0.260. The van der Waals surface area contributed by atoms with E-state index in [1.165, 1.54) is 0 Å². The average Bonchev–Trinajstić information content (AvgIpc) is 3.04. The molecule has 0 bridgehead atoms. The van der Waals surface area contributed by atoms with Gasteiger partial charge in [0.2, 0.25) is 11.8 Å². The normalized spacial score (nSPS) is 16.4. The van der Waals surface area contributed by atoms with Gasteiger partial charge in [-0.1, -0.05) is 13.8 Å². The first kappa shape index (κ1) is 13.5. The molecule has 96 valence electrons. The summed E-state index contributed by atoms with van der Waals surface area (Å²) < 4.78 is 0. The van der Waals surface area contributed by atoms with Gasteiger partial charge in [0.25, 0.3) is 0 Å². The predicted molar refractivity (Wildman–Crippen MR) is 60.2 cm³/mol. The molecule has 0 aromatic heterocycles. The molecule has 0 aromatic carbocycles. The quantitative estimate of drug-likeness (QED) is 0.441. The largest absolute Gasteiger partial charge is 0.480 e. The summed E-state index contributed by atoms with van der Waals surface area (Å²) in [6, 6.07) is 0. The molecule has 1 aliphatic carbocycles. The Morgan fingerprint density at radius 2 is 1.71 bits per heavy atom. The monoisotopic (exact) mass is 242 g/mol. The molecule has 1 aliphatic rings. The van der Waals surface area contributed by atoms with Gasteiger partial charge in [0.15, 0.2) is 0 Å². The Kier molecular flexibility index (Phi) is 4.09. The minimum Gasteiger partial charge on any atom is -0.480 e. The van der Waals surface area contributed by atoms with E-state index in [0.29, 0.717) is 19.4 Å². The minimum atomic E-state index is -1.21. The maximum Gasteiger partial charge on any atom is 0.319 e. The number of rotatable bonds is 6. The Labute approximate surface area is 99.8 Å². The van der Waals surface area contributed by atoms with Crippen molar-refractivity contribution in [1.82, 2.24) is 10.6 Å². The Hall–Kier alpha value is -1.59. The van der Waals surface area contributed by atoms with Crippen LogP contribution in [0.4, 0.5) is 0 Å². The van der Waals surface area contributed by atoms with Gasteiger partial charge in [-0.15, -0.1) is 0 Å². The van der Waals surface area contributed by atoms with E-state index in [4.69, 9.17) is 5.11 Å². The van der Waals surface area contributed by atoms with Crippen LogP contribution in [0.3, 0.4) is 0 Å². The summed E-state index contributed by atoms with van der Waals surface area (Å²) in [4.78, 5) is 33.6. The van der Waals surface area contributed by atoms with E-state index in [2.05, 4.69) is 10.6 Å². The van der Waals surface area contributed by atoms with Crippen molar-refractivity contribution in [3.05, 3.63) is 0 Å². The summed E-state index contributed by atoms with van der Waals surface area (Å²) in [6.07, 6.45) is 0.791. The summed E-state index contributed by atoms with van der Waals surface area (Å²) in [5.74, 6) is -1.71. The van der Waals surface area contributed by atoms with Gasteiger partial charge in [-0.3, -0.25) is 14.4 Å². The number of hydrogen-bond donors (Lipinski definition) is 3. The molecule has 0 atom stereocenters. The number of hydrogen-bond acceptors (Lipinski definition) is 3. The zero-order valence-corrected chi connectivity index (χ0v) is 10.1. The fourth-order valence-corrected chi connectivity index (χ4v) is 1.40. The lowest BCUT2D eigenvalue weighted by Crippen LogP contribution is -2.41. The highest BCUT2D eigenvalue weighted by atomic mass is 16.4. The van der Waals surface area contributed by atoms with E-state index in [-0.39, 0.29) is 18.4 Å². The zero-order valence-electron chi connectivity index (χ0n) is 10.1. The highest BCUT2D eigenvalue weighted by Crippen LogP contribution is 2.45. The van der Waals surface area contributed by atoms with Crippen LogP contribution in [0.15, 0.2) is 0 Å². The van der Waals surface area contributed by atoms with Crippen LogP contribution in [0.25, 0.3) is 0 Å². The molecule has 0 radical (unpaired) electrons. The SMILES string of the molecule is CC(C)C(=O)NCCNC(=O)C1(C(=O)O)CC1. The van der Waals surface area contributed by atoms with Gasteiger partial charge in [-0.25, -0.2) is 0 Å². The van der Waals surface area contributed by atoms with Crippen LogP contribution in [-0.2, 0) is 14.4 Å². The smallest absolute Gasteiger partial charge is 0.319 e. The van der Waals surface area contributed by atoms with E-state index < -0.39 is 17.3 Å². The third-order valence-corrected chi connectivity index (χ3v) is 2.83. The van der Waals surface area contributed by atoms with Gasteiger partial charge in [-0.05, 0) is 12.8 Å². The molecule has 0 spiro atoms. The van der Waals surface area contributed by atoms with Crippen LogP contribution in [-0.4, -0.2) is 36.0 Å². The number of carbonyl (C=O) groups excluding carboxylic acids is 2. The molecule has 1 rings (SSSR count). The first-order valence-corrected chi connectivity index (χ1v) is 5.69. The van der Waals surface area contributed by atoms with E-state index in [1.54, 1.807) is 13.8 Å². The summed E-state index contributed by atoms with van der Waals surface area (Å²) in [5.41, 5.74) is -1.21. The Balaban J connectivity index is 2.22. The Morgan fingerprint density at radius 3 is 2.12 bits per heavy atom. The molecule has 0 unspecified atom stereocenters. The molecule has 1 fully saturated rings. The van der Waals surface area contributed by atoms with Gasteiger partial charge >= 0.3 is 5.97 Å². The zero-order chi connectivity index (χ0) is 13.1. The van der Waals surface area contributed by atoms with Crippen LogP contribution in [0, 0.1) is 11.3 Å². The van der Waals surface area contributed by atoms with E-state index in [1.807, 2.05) is 0 Å². The van der Waals surface area contributed by atoms with Crippen molar-refractivity contribution in [1.29, 1.82) is 0 Å². The lowest BCUT2D eigenvalue weighted by atomic mass is 10.1. The van der Waals surface area contributed by atoms with Gasteiger partial charge in [0, 0.05) is 19.0 Å². The van der Waals surface area contributed by atoms with E-state index >= 15 is 0 Å². The van der Waals surface area contributed by atoms with Gasteiger partial charge in [0.1, 0.15) is 5.41 Å². The molecule has 0 aromatic rings. The van der Waals surface area contributed by atoms with Gasteiger partial charge in [-0.2, -0.15) is 0 Å². The topological polar surface area (TPSA) is 95.5 Å². The first-order valence-electron chi connectivity index (χ1n) is 5.69. The standard InChI is InChI=1S/C11H18N2O4/c1-7(2)8(14)12-5-6-13-9(15)11(3-4-11)10(16)17/h7H,3-6H2,1-2H3,(H,12,14)(H,13,15)(H,16,17). The highest BCUT2D eigenvalue weighted by Gasteiger charge is 2.56. The van der Waals surface area contributed by atoms with Crippen molar-refractivity contribution in [3.8, 4) is 0 Å². The minimum absolute atomic E-state index is 0.0846. The maximum absolute atomic E-state index is 11.5. The first-order chi connectivity index (χ1) is 7.90. The van der Waals surface area contributed by atoms with Gasteiger partial charge < -0.3 is 15.7 Å². The number of carboxylic acid groups (broad SMARTS) is 1. The fourth-order valence-electron chi connectivity index (χ4n) is 1.40. The second-order valence-corrected chi connectivity index (χ2v) is 4.59. The highest BCUT2D eigenvalue weighted by molar-refractivity contribution is 6.04. The van der Waals surface area contributed by atoms with Crippen molar-refractivity contribution < 1.29 is 19.5 Å². The fraction of sp³-hybridized carbons (Fsp3) is 0.727. The molecule has 2 amide bonds. The summed E-state index contributed by atoms with van der Waals surface area (Å²) in [6.45, 7) is 4.12. The Bertz CT molecular complexity index is 334. The molecular formula is C11H18N2O4. The van der Waals surface area contributed by atoms with Crippen LogP contribution in [0.5, 0.6) is 0 Å². The third kappa shape index (κ3) is 3.18. The molecule has 1 saturated carbocycles. The number of aliphatic carboxylic acids is 1. The lowest BCUT2D eigenvalue weighted by molar-refractivity contribution is -0.149. The lowest BCUT2D eigenvalue weighted by Gasteiger charge is -2.11. The molecule has 3 N–H and O–H groups in total. The molecular weight excluding hydrogens is 224 g/mol. The van der Waals surface area contributed by atoms with Crippen molar-refractivity contribution >= 4 is 17.8 Å². The summed E-state index contributed by atoms with van der Waals surface area (Å²) in [7, 11) is 0. The second-order valence-electron chi connectivity index (χ2n) is 4.59. The third-order valence-electron chi connectivity index (χ3n) is 2.83. The van der Waals surface area contributed by atoms with E-state index in [9.17, 15) is 14.4 Å². The van der Waals surface area contributed by atoms with Crippen molar-refractivity contribution in [2.24, 2.45) is 11.3 Å². The summed E-state index contributed by atoms with van der Waals surface area (Å²) >= 11 is 0. The number of amides is 2. The van der Waals surface area contributed by atoms with E-state index in [0.717, 1.165) is 0 Å². The van der Waals surface area contributed by atoms with Crippen LogP contribution >= 0.6 is 0 Å². The molecule has 0 aliphatic heterocycles. The van der Waals surface area contributed by atoms with Crippen molar-refractivity contribution in [2.75, 3.05) is 13.1 Å². The molecule has 17 heavy (non-hydrogen) atoms. The number of nitrogens with one attached hydrogen (secondary N) is 2. The molecule has 0 saturated heterocycles. The van der Waals surface area contributed by atoms with Crippen molar-refractivity contribution in [2.45, 2.75) is 26.7 Å².